The van der Waals surface area contributed by atoms with Crippen molar-refractivity contribution in [1.29, 1.82) is 0 Å². The number of ether oxygens (including phenoxy) is 1. The molecule has 0 aliphatic carbocycles. The molecule has 0 bridgehead atoms. The lowest BCUT2D eigenvalue weighted by molar-refractivity contribution is 0.196. The molecule has 0 aliphatic rings. The first-order valence-corrected chi connectivity index (χ1v) is 8.10. The van der Waals surface area contributed by atoms with E-state index in [2.05, 4.69) is 27.4 Å². The van der Waals surface area contributed by atoms with Crippen LogP contribution in [0.4, 0.5) is 5.69 Å². The number of hydrogen-bond donors (Lipinski definition) is 2. The summed E-state index contributed by atoms with van der Waals surface area (Å²) in [6.07, 6.45) is 3.61. The summed E-state index contributed by atoms with van der Waals surface area (Å²) < 4.78 is 5.23. The summed E-state index contributed by atoms with van der Waals surface area (Å²) in [7, 11) is 0. The molecule has 0 aliphatic heterocycles. The number of nitrogens with one attached hydrogen (secondary N) is 1. The zero-order valence-electron chi connectivity index (χ0n) is 12.5. The van der Waals surface area contributed by atoms with Gasteiger partial charge in [-0.25, -0.2) is 9.97 Å². The molecule has 6 heteroatoms. The van der Waals surface area contributed by atoms with Gasteiger partial charge in [0, 0.05) is 12.3 Å². The number of anilines is 1. The van der Waals surface area contributed by atoms with Crippen LogP contribution in [0, 0.1) is 0 Å². The van der Waals surface area contributed by atoms with Crippen LogP contribution < -0.4 is 10.1 Å². The van der Waals surface area contributed by atoms with Crippen LogP contribution in [0.15, 0.2) is 54.9 Å². The minimum Gasteiger partial charge on any atom is -0.475 e. The molecule has 3 rings (SSSR count). The average Bonchev–Trinajstić information content (AvgIpc) is 3.09. The molecule has 5 nitrogen and oxygen atoms in total. The number of aliphatic hydroxyl groups is 1. The van der Waals surface area contributed by atoms with Crippen molar-refractivity contribution in [3.63, 3.8) is 0 Å². The van der Waals surface area contributed by atoms with E-state index in [0.717, 1.165) is 15.6 Å². The average molecular weight is 327 g/mol. The minimum absolute atomic E-state index is 0.0184. The van der Waals surface area contributed by atoms with Crippen LogP contribution in [0.2, 0.25) is 0 Å². The zero-order chi connectivity index (χ0) is 15.9. The summed E-state index contributed by atoms with van der Waals surface area (Å²) >= 11 is 1.67. The Morgan fingerprint density at radius 2 is 1.91 bits per heavy atom. The van der Waals surface area contributed by atoms with Gasteiger partial charge in [-0.2, -0.15) is 0 Å². The molecule has 0 atom stereocenters. The number of aliphatic hydroxyl groups excluding tert-OH is 1. The number of hydrogen-bond acceptors (Lipinski definition) is 6. The third kappa shape index (κ3) is 4.28. The monoisotopic (exact) mass is 327 g/mol. The van der Waals surface area contributed by atoms with Crippen LogP contribution in [0.3, 0.4) is 0 Å². The molecule has 0 amide bonds. The number of rotatable bonds is 7. The van der Waals surface area contributed by atoms with Crippen molar-refractivity contribution in [2.75, 3.05) is 18.5 Å². The van der Waals surface area contributed by atoms with Gasteiger partial charge in [0.25, 0.3) is 0 Å². The van der Waals surface area contributed by atoms with Crippen molar-refractivity contribution in [3.05, 3.63) is 59.9 Å². The molecule has 0 fully saturated rings. The Kier molecular flexibility index (Phi) is 5.18. The van der Waals surface area contributed by atoms with Gasteiger partial charge in [0.1, 0.15) is 11.6 Å². The molecular formula is C17H17N3O2S. The molecule has 0 radical (unpaired) electrons. The van der Waals surface area contributed by atoms with Gasteiger partial charge < -0.3 is 15.2 Å². The predicted molar refractivity (Wildman–Crippen MR) is 91.7 cm³/mol. The highest BCUT2D eigenvalue weighted by molar-refractivity contribution is 7.15. The van der Waals surface area contributed by atoms with Gasteiger partial charge in [0.15, 0.2) is 0 Å². The smallest absolute Gasteiger partial charge is 0.213 e. The Bertz CT molecular complexity index is 729. The first-order chi connectivity index (χ1) is 11.3. The van der Waals surface area contributed by atoms with Gasteiger partial charge in [0.05, 0.1) is 29.9 Å². The molecular weight excluding hydrogens is 310 g/mol. The van der Waals surface area contributed by atoms with Crippen LogP contribution in [-0.4, -0.2) is 28.3 Å². The van der Waals surface area contributed by atoms with Crippen LogP contribution in [0.5, 0.6) is 5.88 Å². The molecule has 3 aromatic rings. The Balaban J connectivity index is 1.57. The minimum atomic E-state index is -0.0184. The Morgan fingerprint density at radius 3 is 2.65 bits per heavy atom. The number of aromatic nitrogens is 2. The van der Waals surface area contributed by atoms with Gasteiger partial charge in [-0.1, -0.05) is 30.3 Å². The van der Waals surface area contributed by atoms with Gasteiger partial charge in [-0.15, -0.1) is 11.3 Å². The second kappa shape index (κ2) is 7.71. The van der Waals surface area contributed by atoms with E-state index in [0.29, 0.717) is 12.4 Å². The van der Waals surface area contributed by atoms with E-state index in [1.807, 2.05) is 30.5 Å². The van der Waals surface area contributed by atoms with E-state index in [-0.39, 0.29) is 13.2 Å². The fourth-order valence-corrected chi connectivity index (χ4v) is 2.89. The third-order valence-electron chi connectivity index (χ3n) is 3.13. The van der Waals surface area contributed by atoms with Gasteiger partial charge in [-0.05, 0) is 11.6 Å². The van der Waals surface area contributed by atoms with E-state index < -0.39 is 0 Å². The SMILES string of the molecule is OCCOc1ccc(NCc2ncc(-c3ccccc3)s2)cn1. The number of pyridine rings is 1. The van der Waals surface area contributed by atoms with Crippen molar-refractivity contribution in [2.45, 2.75) is 6.54 Å². The maximum atomic E-state index is 8.71. The Hall–Kier alpha value is -2.44. The number of thiazole rings is 1. The van der Waals surface area contributed by atoms with E-state index in [1.165, 1.54) is 5.56 Å². The summed E-state index contributed by atoms with van der Waals surface area (Å²) in [5.41, 5.74) is 2.08. The summed E-state index contributed by atoms with van der Waals surface area (Å²) in [4.78, 5) is 9.78. The van der Waals surface area contributed by atoms with Crippen molar-refractivity contribution in [2.24, 2.45) is 0 Å². The largest absolute Gasteiger partial charge is 0.475 e. The molecule has 0 saturated heterocycles. The van der Waals surface area contributed by atoms with Crippen molar-refractivity contribution >= 4 is 17.0 Å². The molecule has 2 N–H and O–H groups in total. The van der Waals surface area contributed by atoms with Crippen molar-refractivity contribution < 1.29 is 9.84 Å². The van der Waals surface area contributed by atoms with Crippen LogP contribution in [0.25, 0.3) is 10.4 Å². The van der Waals surface area contributed by atoms with E-state index >= 15 is 0 Å². The first kappa shape index (κ1) is 15.5. The zero-order valence-corrected chi connectivity index (χ0v) is 13.3. The standard InChI is InChI=1S/C17H17N3O2S/c21-8-9-22-16-7-6-14(10-19-16)18-12-17-20-11-15(23-17)13-4-2-1-3-5-13/h1-7,10-11,18,21H,8-9,12H2. The Morgan fingerprint density at radius 1 is 1.04 bits per heavy atom. The molecule has 118 valence electrons. The first-order valence-electron chi connectivity index (χ1n) is 7.29. The van der Waals surface area contributed by atoms with Crippen LogP contribution in [0.1, 0.15) is 5.01 Å². The topological polar surface area (TPSA) is 67.3 Å². The molecule has 1 aromatic carbocycles. The molecule has 0 spiro atoms. The lowest BCUT2D eigenvalue weighted by Crippen LogP contribution is -2.03. The van der Waals surface area contributed by atoms with E-state index in [9.17, 15) is 0 Å². The van der Waals surface area contributed by atoms with E-state index in [4.69, 9.17) is 9.84 Å². The van der Waals surface area contributed by atoms with Crippen molar-refractivity contribution in [3.8, 4) is 16.3 Å². The lowest BCUT2D eigenvalue weighted by Gasteiger charge is -2.06. The molecule has 2 aromatic heterocycles. The quantitative estimate of drug-likeness (QED) is 0.697. The fourth-order valence-electron chi connectivity index (χ4n) is 2.03. The second-order valence-electron chi connectivity index (χ2n) is 4.80. The highest BCUT2D eigenvalue weighted by Gasteiger charge is 2.04. The number of nitrogens with zero attached hydrogens (tertiary/aromatic N) is 2. The molecule has 0 unspecified atom stereocenters. The maximum absolute atomic E-state index is 8.71. The fraction of sp³-hybridized carbons (Fsp3) is 0.176. The van der Waals surface area contributed by atoms with E-state index in [1.54, 1.807) is 23.6 Å². The second-order valence-corrected chi connectivity index (χ2v) is 5.91. The summed E-state index contributed by atoms with van der Waals surface area (Å²) in [6.45, 7) is 0.882. The maximum Gasteiger partial charge on any atom is 0.213 e. The molecule has 0 saturated carbocycles. The van der Waals surface area contributed by atoms with Gasteiger partial charge in [0.2, 0.25) is 5.88 Å². The summed E-state index contributed by atoms with van der Waals surface area (Å²) in [5.74, 6) is 0.505. The molecule has 2 heterocycles. The van der Waals surface area contributed by atoms with Gasteiger partial charge >= 0.3 is 0 Å². The predicted octanol–water partition coefficient (Wildman–Crippen LogP) is 3.19. The lowest BCUT2D eigenvalue weighted by atomic mass is 10.2. The normalized spacial score (nSPS) is 10.5. The summed E-state index contributed by atoms with van der Waals surface area (Å²) in [5, 5.41) is 13.0. The Labute approximate surface area is 138 Å². The number of benzene rings is 1. The van der Waals surface area contributed by atoms with Crippen LogP contribution in [-0.2, 0) is 6.54 Å². The van der Waals surface area contributed by atoms with Crippen molar-refractivity contribution in [1.82, 2.24) is 9.97 Å². The molecule has 23 heavy (non-hydrogen) atoms. The third-order valence-corrected chi connectivity index (χ3v) is 4.18. The summed E-state index contributed by atoms with van der Waals surface area (Å²) in [6, 6.07) is 13.9. The highest BCUT2D eigenvalue weighted by atomic mass is 32.1. The highest BCUT2D eigenvalue weighted by Crippen LogP contribution is 2.26. The van der Waals surface area contributed by atoms with Crippen LogP contribution >= 0.6 is 11.3 Å². The van der Waals surface area contributed by atoms with Gasteiger partial charge in [-0.3, -0.25) is 0 Å².